The molecular formula is C9H14Br4N2+2. The first kappa shape index (κ1) is 16.1. The summed E-state index contributed by atoms with van der Waals surface area (Å²) in [6, 6.07) is 10.5. The lowest BCUT2D eigenvalue weighted by Crippen LogP contribution is -2.34. The SMILES string of the molecule is Br[N+](Br)(Br)Br.C[N+](C)(C)c1ccccc1. The molecule has 1 rings (SSSR count). The van der Waals surface area contributed by atoms with Crippen molar-refractivity contribution in [2.45, 2.75) is 0 Å². The highest BCUT2D eigenvalue weighted by Crippen LogP contribution is 2.34. The molecule has 0 aliphatic rings. The number of quaternary nitrogens is 2. The van der Waals surface area contributed by atoms with Crippen molar-refractivity contribution in [3.63, 3.8) is 0 Å². The van der Waals surface area contributed by atoms with Crippen molar-refractivity contribution in [1.82, 2.24) is 4.48 Å². The highest BCUT2D eigenvalue weighted by molar-refractivity contribution is 9.37. The summed E-state index contributed by atoms with van der Waals surface area (Å²) in [4.78, 5) is 0. The molecule has 0 spiro atoms. The van der Waals surface area contributed by atoms with Crippen LogP contribution in [0.4, 0.5) is 5.69 Å². The molecule has 1 aromatic carbocycles. The third kappa shape index (κ3) is 11.3. The van der Waals surface area contributed by atoms with E-state index in [1.54, 1.807) is 0 Å². The molecule has 0 unspecified atom stereocenters. The summed E-state index contributed by atoms with van der Waals surface area (Å²) in [5.41, 5.74) is 1.34. The molecule has 6 heteroatoms. The molecule has 1 aromatic rings. The highest BCUT2D eigenvalue weighted by Gasteiger charge is 2.11. The van der Waals surface area contributed by atoms with Crippen LogP contribution in [0.2, 0.25) is 0 Å². The summed E-state index contributed by atoms with van der Waals surface area (Å²) in [7, 11) is 6.49. The Balaban J connectivity index is 0.000000336. The van der Waals surface area contributed by atoms with E-state index in [-0.39, 0.29) is 0.587 Å². The average Bonchev–Trinajstić information content (AvgIpc) is 2.01. The maximum absolute atomic E-state index is 3.06. The van der Waals surface area contributed by atoms with E-state index in [1.165, 1.54) is 5.69 Å². The number of halogens is 4. The second kappa shape index (κ2) is 6.71. The summed E-state index contributed by atoms with van der Waals surface area (Å²) in [5, 5.41) is 0. The van der Waals surface area contributed by atoms with Crippen LogP contribution in [0.1, 0.15) is 0 Å². The van der Waals surface area contributed by atoms with Crippen LogP contribution in [-0.4, -0.2) is 21.7 Å². The van der Waals surface area contributed by atoms with Gasteiger partial charge in [-0.05, 0) is 12.1 Å². The minimum atomic E-state index is 0.250. The van der Waals surface area contributed by atoms with E-state index in [0.29, 0.717) is 0 Å². The van der Waals surface area contributed by atoms with Gasteiger partial charge in [0.15, 0.2) is 0 Å². The number of hydrogen-bond acceptors (Lipinski definition) is 0. The van der Waals surface area contributed by atoms with E-state index in [0.717, 1.165) is 4.48 Å². The zero-order valence-electron chi connectivity index (χ0n) is 8.79. The molecule has 0 amide bonds. The predicted octanol–water partition coefficient (Wildman–Crippen LogP) is 4.93. The summed E-state index contributed by atoms with van der Waals surface area (Å²) >= 11 is 12.2. The molecule has 15 heavy (non-hydrogen) atoms. The van der Waals surface area contributed by atoms with Gasteiger partial charge in [-0.25, -0.2) is 0 Å². The van der Waals surface area contributed by atoms with Gasteiger partial charge < -0.3 is 0 Å². The van der Waals surface area contributed by atoms with Crippen LogP contribution in [-0.2, 0) is 0 Å². The van der Waals surface area contributed by atoms with Crippen molar-refractivity contribution in [2.75, 3.05) is 21.1 Å². The van der Waals surface area contributed by atoms with Crippen LogP contribution >= 0.6 is 64.6 Å². The first-order chi connectivity index (χ1) is 6.61. The van der Waals surface area contributed by atoms with Gasteiger partial charge in [0.1, 0.15) is 5.69 Å². The van der Waals surface area contributed by atoms with Crippen molar-refractivity contribution in [2.24, 2.45) is 0 Å². The lowest BCUT2D eigenvalue weighted by molar-refractivity contribution is -0.179. The van der Waals surface area contributed by atoms with Crippen LogP contribution in [0.5, 0.6) is 0 Å². The van der Waals surface area contributed by atoms with E-state index in [2.05, 4.69) is 110 Å². The summed E-state index contributed by atoms with van der Waals surface area (Å²) in [6.45, 7) is 0. The summed E-state index contributed by atoms with van der Waals surface area (Å²) in [5.74, 6) is 0. The molecule has 0 saturated carbocycles. The molecule has 2 nitrogen and oxygen atoms in total. The number of benzene rings is 1. The minimum Gasteiger partial charge on any atom is -0.298 e. The van der Waals surface area contributed by atoms with Crippen LogP contribution in [0.3, 0.4) is 0 Å². The normalized spacial score (nSPS) is 11.7. The molecule has 0 fully saturated rings. The Hall–Kier alpha value is 1.06. The fourth-order valence-electron chi connectivity index (χ4n) is 0.875. The van der Waals surface area contributed by atoms with Gasteiger partial charge in [0.2, 0.25) is 0 Å². The van der Waals surface area contributed by atoms with Crippen molar-refractivity contribution in [3.8, 4) is 0 Å². The van der Waals surface area contributed by atoms with Gasteiger partial charge >= 0.3 is 0 Å². The molecule has 0 N–H and O–H groups in total. The van der Waals surface area contributed by atoms with Crippen LogP contribution < -0.4 is 4.48 Å². The average molecular weight is 470 g/mol. The Labute approximate surface area is 126 Å². The molecule has 0 radical (unpaired) electrons. The summed E-state index contributed by atoms with van der Waals surface area (Å²) in [6.07, 6.45) is 0. The Morgan fingerprint density at radius 2 is 1.13 bits per heavy atom. The van der Waals surface area contributed by atoms with Crippen molar-refractivity contribution < 1.29 is 0.587 Å². The predicted molar refractivity (Wildman–Crippen MR) is 82.0 cm³/mol. The molecule has 0 aliphatic heterocycles. The maximum atomic E-state index is 3.06. The standard InChI is InChI=1S/C9H14N.Br4N/c1-10(2,3)9-7-5-4-6-8-9;1-5(2,3)4/h4-8H,1-3H3;/q2*+1. The van der Waals surface area contributed by atoms with E-state index in [1.807, 2.05) is 6.07 Å². The lowest BCUT2D eigenvalue weighted by Gasteiger charge is -2.22. The largest absolute Gasteiger partial charge is 0.298 e. The molecular weight excluding hydrogens is 456 g/mol. The third-order valence-electron chi connectivity index (χ3n) is 1.53. The van der Waals surface area contributed by atoms with Crippen LogP contribution in [0.15, 0.2) is 30.3 Å². The number of nitrogens with zero attached hydrogens (tertiary/aromatic N) is 2. The molecule has 0 heterocycles. The fraction of sp³-hybridized carbons (Fsp3) is 0.333. The van der Waals surface area contributed by atoms with Gasteiger partial charge in [-0.1, -0.05) is 18.8 Å². The second-order valence-electron chi connectivity index (χ2n) is 3.73. The first-order valence-corrected chi connectivity index (χ1v) is 6.99. The van der Waals surface area contributed by atoms with Crippen molar-refractivity contribution in [1.29, 1.82) is 0 Å². The maximum Gasteiger partial charge on any atom is 0.264 e. The van der Waals surface area contributed by atoms with Gasteiger partial charge in [0.05, 0.1) is 21.1 Å². The quantitative estimate of drug-likeness (QED) is 0.404. The van der Waals surface area contributed by atoms with E-state index in [9.17, 15) is 0 Å². The molecule has 0 aliphatic carbocycles. The Morgan fingerprint density at radius 1 is 0.800 bits per heavy atom. The fourth-order valence-corrected chi connectivity index (χ4v) is 0.875. The zero-order chi connectivity index (χ0) is 12.1. The second-order valence-corrected chi connectivity index (χ2v) is 13.7. The molecule has 0 bridgehead atoms. The third-order valence-corrected chi connectivity index (χ3v) is 1.53. The minimum absolute atomic E-state index is 0.250. The summed E-state index contributed by atoms with van der Waals surface area (Å²) < 4.78 is 1.14. The van der Waals surface area contributed by atoms with Crippen LogP contribution in [0.25, 0.3) is 0 Å². The monoisotopic (exact) mass is 466 g/mol. The smallest absolute Gasteiger partial charge is 0.264 e. The van der Waals surface area contributed by atoms with Gasteiger partial charge in [-0.3, -0.25) is 4.48 Å². The van der Waals surface area contributed by atoms with Crippen molar-refractivity contribution in [3.05, 3.63) is 30.3 Å². The molecule has 0 saturated heterocycles. The van der Waals surface area contributed by atoms with E-state index >= 15 is 0 Å². The van der Waals surface area contributed by atoms with Gasteiger partial charge in [-0.15, -0.1) is 0 Å². The Morgan fingerprint density at radius 3 is 1.33 bits per heavy atom. The molecule has 0 aromatic heterocycles. The number of para-hydroxylation sites is 1. The Bertz CT molecular complexity index is 270. The van der Waals surface area contributed by atoms with Crippen LogP contribution in [0, 0.1) is 0 Å². The van der Waals surface area contributed by atoms with Gasteiger partial charge in [0, 0.05) is 0 Å². The topological polar surface area (TPSA) is 0 Å². The van der Waals surface area contributed by atoms with Gasteiger partial charge in [0.25, 0.3) is 64.6 Å². The number of hydrogen-bond donors (Lipinski definition) is 0. The molecule has 0 atom stereocenters. The lowest BCUT2D eigenvalue weighted by atomic mass is 10.3. The highest BCUT2D eigenvalue weighted by atomic mass is 80.0. The van der Waals surface area contributed by atoms with E-state index in [4.69, 9.17) is 0 Å². The van der Waals surface area contributed by atoms with E-state index < -0.39 is 0 Å². The van der Waals surface area contributed by atoms with Crippen molar-refractivity contribution >= 4 is 70.3 Å². The Kier molecular flexibility index (Phi) is 7.19. The number of rotatable bonds is 1. The zero-order valence-corrected chi connectivity index (χ0v) is 15.1. The first-order valence-electron chi connectivity index (χ1n) is 4.15. The molecule has 86 valence electrons. The van der Waals surface area contributed by atoms with Gasteiger partial charge in [-0.2, -0.15) is 0 Å².